The molecule has 1 aromatic rings. The Labute approximate surface area is 131 Å². The largest absolute Gasteiger partial charge is 0.351 e. The van der Waals surface area contributed by atoms with Gasteiger partial charge < -0.3 is 5.32 Å². The van der Waals surface area contributed by atoms with Crippen molar-refractivity contribution in [2.75, 3.05) is 0 Å². The van der Waals surface area contributed by atoms with Crippen LogP contribution in [0.3, 0.4) is 0 Å². The van der Waals surface area contributed by atoms with Gasteiger partial charge in [0.05, 0.1) is 0 Å². The summed E-state index contributed by atoms with van der Waals surface area (Å²) in [4.78, 5) is 12.4. The van der Waals surface area contributed by atoms with Crippen LogP contribution in [0.1, 0.15) is 50.5 Å². The fourth-order valence-electron chi connectivity index (χ4n) is 5.57. The monoisotopic (exact) mass is 301 g/mol. The molecular formula is C19H24FNO. The number of halogens is 1. The molecule has 4 aliphatic carbocycles. The van der Waals surface area contributed by atoms with E-state index in [0.717, 1.165) is 23.3 Å². The molecule has 0 spiro atoms. The summed E-state index contributed by atoms with van der Waals surface area (Å²) in [6, 6.07) is 6.57. The lowest BCUT2D eigenvalue weighted by atomic mass is 9.53. The van der Waals surface area contributed by atoms with Gasteiger partial charge in [0.15, 0.2) is 0 Å². The van der Waals surface area contributed by atoms with Crippen LogP contribution in [0.5, 0.6) is 0 Å². The second-order valence-electron chi connectivity index (χ2n) is 7.88. The summed E-state index contributed by atoms with van der Waals surface area (Å²) in [6.45, 7) is 0. The molecule has 1 N–H and O–H groups in total. The fraction of sp³-hybridized carbons (Fsp3) is 0.632. The van der Waals surface area contributed by atoms with Crippen molar-refractivity contribution in [3.63, 3.8) is 0 Å². The van der Waals surface area contributed by atoms with Gasteiger partial charge in [0.2, 0.25) is 5.91 Å². The van der Waals surface area contributed by atoms with Crippen molar-refractivity contribution >= 4 is 5.91 Å². The molecule has 3 heteroatoms. The van der Waals surface area contributed by atoms with Crippen molar-refractivity contribution in [2.45, 2.75) is 56.9 Å². The number of benzene rings is 1. The van der Waals surface area contributed by atoms with Crippen molar-refractivity contribution in [1.29, 1.82) is 0 Å². The number of aryl methyl sites for hydroxylation is 1. The summed E-state index contributed by atoms with van der Waals surface area (Å²) in [5, 5.41) is 3.38. The van der Waals surface area contributed by atoms with E-state index < -0.39 is 0 Å². The number of rotatable bonds is 4. The van der Waals surface area contributed by atoms with Gasteiger partial charge in [-0.3, -0.25) is 4.79 Å². The maximum Gasteiger partial charge on any atom is 0.220 e. The molecule has 0 unspecified atom stereocenters. The van der Waals surface area contributed by atoms with Crippen LogP contribution in [-0.2, 0) is 11.2 Å². The molecule has 0 atom stereocenters. The van der Waals surface area contributed by atoms with Gasteiger partial charge in [-0.05, 0) is 80.4 Å². The van der Waals surface area contributed by atoms with Gasteiger partial charge in [-0.15, -0.1) is 0 Å². The van der Waals surface area contributed by atoms with E-state index in [-0.39, 0.29) is 17.3 Å². The molecule has 4 aliphatic rings. The highest BCUT2D eigenvalue weighted by Gasteiger charge is 2.51. The zero-order valence-corrected chi connectivity index (χ0v) is 13.0. The first-order valence-electron chi connectivity index (χ1n) is 8.66. The summed E-state index contributed by atoms with van der Waals surface area (Å²) in [6.07, 6.45) is 8.80. The smallest absolute Gasteiger partial charge is 0.220 e. The van der Waals surface area contributed by atoms with E-state index in [0.29, 0.717) is 12.8 Å². The normalized spacial score (nSPS) is 35.6. The Balaban J connectivity index is 1.36. The molecule has 5 rings (SSSR count). The first-order valence-corrected chi connectivity index (χ1v) is 8.66. The van der Waals surface area contributed by atoms with Crippen LogP contribution in [-0.4, -0.2) is 11.4 Å². The minimum Gasteiger partial charge on any atom is -0.351 e. The third kappa shape index (κ3) is 2.78. The minimum atomic E-state index is -0.223. The Morgan fingerprint density at radius 1 is 1.14 bits per heavy atom. The SMILES string of the molecule is O=C(CCc1cccc(F)c1)NC12CC3CC(CC(C3)C1)C2. The van der Waals surface area contributed by atoms with E-state index >= 15 is 0 Å². The molecule has 0 radical (unpaired) electrons. The maximum absolute atomic E-state index is 13.2. The third-order valence-electron chi connectivity index (χ3n) is 5.97. The first-order chi connectivity index (χ1) is 10.6. The van der Waals surface area contributed by atoms with E-state index in [9.17, 15) is 9.18 Å². The van der Waals surface area contributed by atoms with Gasteiger partial charge in [-0.25, -0.2) is 4.39 Å². The molecular weight excluding hydrogens is 277 g/mol. The lowest BCUT2D eigenvalue weighted by molar-refractivity contribution is -0.126. The number of amides is 1. The summed E-state index contributed by atoms with van der Waals surface area (Å²) < 4.78 is 13.2. The standard InChI is InChI=1S/C19H24FNO/c20-17-3-1-2-13(9-17)4-5-18(22)21-19-10-14-6-15(11-19)8-16(7-14)12-19/h1-3,9,14-16H,4-8,10-12H2,(H,21,22). The van der Waals surface area contributed by atoms with E-state index in [4.69, 9.17) is 0 Å². The highest BCUT2D eigenvalue weighted by Crippen LogP contribution is 2.55. The molecule has 4 bridgehead atoms. The predicted molar refractivity (Wildman–Crippen MR) is 83.8 cm³/mol. The maximum atomic E-state index is 13.2. The van der Waals surface area contributed by atoms with Gasteiger partial charge in [0, 0.05) is 12.0 Å². The lowest BCUT2D eigenvalue weighted by Crippen LogP contribution is -2.59. The summed E-state index contributed by atoms with van der Waals surface area (Å²) in [5.74, 6) is 2.45. The Kier molecular flexibility index (Phi) is 3.47. The predicted octanol–water partition coefficient (Wildman–Crippen LogP) is 3.84. The molecule has 4 saturated carbocycles. The lowest BCUT2D eigenvalue weighted by Gasteiger charge is -2.56. The van der Waals surface area contributed by atoms with Crippen LogP contribution in [0.4, 0.5) is 4.39 Å². The van der Waals surface area contributed by atoms with E-state index in [1.54, 1.807) is 6.07 Å². The van der Waals surface area contributed by atoms with Crippen LogP contribution in [0, 0.1) is 23.6 Å². The molecule has 118 valence electrons. The van der Waals surface area contributed by atoms with Crippen molar-refractivity contribution in [2.24, 2.45) is 17.8 Å². The zero-order chi connectivity index (χ0) is 15.2. The van der Waals surface area contributed by atoms with Gasteiger partial charge in [0.1, 0.15) is 5.82 Å². The van der Waals surface area contributed by atoms with Crippen LogP contribution in [0.15, 0.2) is 24.3 Å². The van der Waals surface area contributed by atoms with Crippen LogP contribution < -0.4 is 5.32 Å². The average molecular weight is 301 g/mol. The quantitative estimate of drug-likeness (QED) is 0.899. The van der Waals surface area contributed by atoms with Gasteiger partial charge in [0.25, 0.3) is 0 Å². The Morgan fingerprint density at radius 2 is 1.77 bits per heavy atom. The van der Waals surface area contributed by atoms with Gasteiger partial charge in [-0.1, -0.05) is 12.1 Å². The third-order valence-corrected chi connectivity index (χ3v) is 5.97. The number of nitrogens with one attached hydrogen (secondary N) is 1. The van der Waals surface area contributed by atoms with Gasteiger partial charge in [-0.2, -0.15) is 0 Å². The van der Waals surface area contributed by atoms with Crippen LogP contribution >= 0.6 is 0 Å². The number of hydrogen-bond acceptors (Lipinski definition) is 1. The second kappa shape index (κ2) is 5.36. The Hall–Kier alpha value is -1.38. The topological polar surface area (TPSA) is 29.1 Å². The highest BCUT2D eigenvalue weighted by atomic mass is 19.1. The fourth-order valence-corrected chi connectivity index (χ4v) is 5.57. The number of carbonyl (C=O) groups is 1. The van der Waals surface area contributed by atoms with E-state index in [2.05, 4.69) is 5.32 Å². The van der Waals surface area contributed by atoms with E-state index in [1.807, 2.05) is 6.07 Å². The summed E-state index contributed by atoms with van der Waals surface area (Å²) in [7, 11) is 0. The summed E-state index contributed by atoms with van der Waals surface area (Å²) in [5.41, 5.74) is 0.994. The molecule has 1 aromatic carbocycles. The zero-order valence-electron chi connectivity index (χ0n) is 13.0. The Bertz CT molecular complexity index is 547. The molecule has 22 heavy (non-hydrogen) atoms. The number of hydrogen-bond donors (Lipinski definition) is 1. The van der Waals surface area contributed by atoms with Crippen molar-refractivity contribution in [3.8, 4) is 0 Å². The summed E-state index contributed by atoms with van der Waals surface area (Å²) >= 11 is 0. The van der Waals surface area contributed by atoms with Gasteiger partial charge >= 0.3 is 0 Å². The molecule has 0 aromatic heterocycles. The first kappa shape index (κ1) is 14.2. The molecule has 2 nitrogen and oxygen atoms in total. The molecule has 1 amide bonds. The molecule has 0 aliphatic heterocycles. The Morgan fingerprint density at radius 3 is 2.36 bits per heavy atom. The van der Waals surface area contributed by atoms with Crippen molar-refractivity contribution in [1.82, 2.24) is 5.32 Å². The molecule has 4 fully saturated rings. The van der Waals surface area contributed by atoms with E-state index in [1.165, 1.54) is 50.7 Å². The van der Waals surface area contributed by atoms with Crippen LogP contribution in [0.25, 0.3) is 0 Å². The average Bonchev–Trinajstić information content (AvgIpc) is 2.43. The second-order valence-corrected chi connectivity index (χ2v) is 7.88. The molecule has 0 heterocycles. The highest BCUT2D eigenvalue weighted by molar-refractivity contribution is 5.77. The van der Waals surface area contributed by atoms with Crippen molar-refractivity contribution < 1.29 is 9.18 Å². The van der Waals surface area contributed by atoms with Crippen LogP contribution in [0.2, 0.25) is 0 Å². The number of carbonyl (C=O) groups excluding carboxylic acids is 1. The minimum absolute atomic E-state index is 0.0910. The van der Waals surface area contributed by atoms with Crippen molar-refractivity contribution in [3.05, 3.63) is 35.6 Å². The molecule has 0 saturated heterocycles.